The van der Waals surface area contributed by atoms with E-state index in [1.54, 1.807) is 0 Å². The first kappa shape index (κ1) is 20.1. The van der Waals surface area contributed by atoms with Crippen molar-refractivity contribution in [1.82, 2.24) is 14.4 Å². The number of imidazole rings is 1. The van der Waals surface area contributed by atoms with E-state index in [4.69, 9.17) is 0 Å². The molecule has 0 unspecified atom stereocenters. The highest BCUT2D eigenvalue weighted by Gasteiger charge is 2.30. The largest absolute Gasteiger partial charge is 0.417 e. The number of benzene rings is 1. The molecule has 0 aliphatic heterocycles. The molecule has 1 aromatic carbocycles. The Kier molecular flexibility index (Phi) is 5.29. The average molecular weight is 430 g/mol. The number of nitrogens with one attached hydrogen (secondary N) is 1. The number of nitrogens with zero attached hydrogens (tertiary/aromatic N) is 3. The number of thiazole rings is 1. The number of pyridine rings is 1. The number of hydrogen-bond donors (Lipinski definition) is 1. The standard InChI is InChI=1S/C21H17F3N4OS/c1-2-13-3-5-14(6-4-13)17-11-28-16(12-30-20(28)26-17)9-19(29)27-18-8-7-15(10-25-18)21(22,23)24/h3-8,10-12H,2,9H2,1H3,(H,25,27,29). The number of amides is 1. The van der Waals surface area contributed by atoms with Gasteiger partial charge in [0, 0.05) is 29.0 Å². The van der Waals surface area contributed by atoms with E-state index in [0.717, 1.165) is 40.5 Å². The zero-order chi connectivity index (χ0) is 21.3. The van der Waals surface area contributed by atoms with Crippen LogP contribution in [0.5, 0.6) is 0 Å². The second-order valence-electron chi connectivity index (χ2n) is 6.71. The number of halogens is 3. The van der Waals surface area contributed by atoms with E-state index in [9.17, 15) is 18.0 Å². The molecule has 0 radical (unpaired) electrons. The van der Waals surface area contributed by atoms with Gasteiger partial charge in [-0.15, -0.1) is 11.3 Å². The highest BCUT2D eigenvalue weighted by Crippen LogP contribution is 2.29. The van der Waals surface area contributed by atoms with E-state index >= 15 is 0 Å². The average Bonchev–Trinajstić information content (AvgIpc) is 3.30. The van der Waals surface area contributed by atoms with Gasteiger partial charge < -0.3 is 5.32 Å². The van der Waals surface area contributed by atoms with Gasteiger partial charge in [0.2, 0.25) is 5.91 Å². The van der Waals surface area contributed by atoms with Crippen molar-refractivity contribution in [2.45, 2.75) is 25.9 Å². The molecule has 9 heteroatoms. The van der Waals surface area contributed by atoms with Gasteiger partial charge >= 0.3 is 6.18 Å². The maximum atomic E-state index is 12.6. The van der Waals surface area contributed by atoms with E-state index in [1.165, 1.54) is 16.9 Å². The molecule has 1 N–H and O–H groups in total. The third kappa shape index (κ3) is 4.20. The summed E-state index contributed by atoms with van der Waals surface area (Å²) in [7, 11) is 0. The predicted octanol–water partition coefficient (Wildman–Crippen LogP) is 5.22. The Labute approximate surface area is 174 Å². The van der Waals surface area contributed by atoms with Crippen molar-refractivity contribution in [2.75, 3.05) is 5.32 Å². The van der Waals surface area contributed by atoms with Crippen LogP contribution in [-0.4, -0.2) is 20.3 Å². The van der Waals surface area contributed by atoms with E-state index in [2.05, 4.69) is 34.3 Å². The van der Waals surface area contributed by atoms with Crippen molar-refractivity contribution in [3.05, 3.63) is 71.0 Å². The number of carbonyl (C=O) groups excluding carboxylic acids is 1. The molecular formula is C21H17F3N4OS. The summed E-state index contributed by atoms with van der Waals surface area (Å²) in [6.45, 7) is 2.10. The fourth-order valence-corrected chi connectivity index (χ4v) is 3.87. The second kappa shape index (κ2) is 7.91. The van der Waals surface area contributed by atoms with Crippen LogP contribution in [0.25, 0.3) is 16.2 Å². The molecule has 1 amide bonds. The normalized spacial score (nSPS) is 11.7. The third-order valence-corrected chi connectivity index (χ3v) is 5.53. The Morgan fingerprint density at radius 1 is 1.17 bits per heavy atom. The van der Waals surface area contributed by atoms with Crippen LogP contribution in [0.15, 0.2) is 54.2 Å². The summed E-state index contributed by atoms with van der Waals surface area (Å²) in [5.74, 6) is -0.300. The summed E-state index contributed by atoms with van der Waals surface area (Å²) in [6.07, 6.45) is -0.872. The molecule has 3 aromatic heterocycles. The molecule has 0 bridgehead atoms. The molecule has 4 aromatic rings. The number of alkyl halides is 3. The highest BCUT2D eigenvalue weighted by molar-refractivity contribution is 7.15. The number of rotatable bonds is 5. The van der Waals surface area contributed by atoms with Crippen LogP contribution in [0.4, 0.5) is 19.0 Å². The summed E-state index contributed by atoms with van der Waals surface area (Å²) >= 11 is 1.42. The molecule has 154 valence electrons. The zero-order valence-corrected chi connectivity index (χ0v) is 16.7. The van der Waals surface area contributed by atoms with Gasteiger partial charge in [0.1, 0.15) is 5.82 Å². The molecule has 30 heavy (non-hydrogen) atoms. The van der Waals surface area contributed by atoms with Gasteiger partial charge in [-0.1, -0.05) is 31.2 Å². The van der Waals surface area contributed by atoms with Gasteiger partial charge in [-0.2, -0.15) is 13.2 Å². The Morgan fingerprint density at radius 3 is 2.57 bits per heavy atom. The lowest BCUT2D eigenvalue weighted by molar-refractivity contribution is -0.137. The summed E-state index contributed by atoms with van der Waals surface area (Å²) in [5, 5.41) is 4.37. The maximum Gasteiger partial charge on any atom is 0.417 e. The van der Waals surface area contributed by atoms with Gasteiger partial charge in [-0.25, -0.2) is 9.97 Å². The minimum atomic E-state index is -4.46. The minimum absolute atomic E-state index is 0.0489. The summed E-state index contributed by atoms with van der Waals surface area (Å²) in [4.78, 5) is 21.4. The molecule has 0 fully saturated rings. The summed E-state index contributed by atoms with van der Waals surface area (Å²) < 4.78 is 39.7. The van der Waals surface area contributed by atoms with E-state index in [0.29, 0.717) is 6.20 Å². The van der Waals surface area contributed by atoms with Gasteiger partial charge in [0.05, 0.1) is 17.7 Å². The predicted molar refractivity (Wildman–Crippen MR) is 109 cm³/mol. The van der Waals surface area contributed by atoms with Crippen LogP contribution >= 0.6 is 11.3 Å². The van der Waals surface area contributed by atoms with Crippen LogP contribution in [0.2, 0.25) is 0 Å². The number of anilines is 1. The molecule has 3 heterocycles. The van der Waals surface area contributed by atoms with Gasteiger partial charge in [0.25, 0.3) is 0 Å². The van der Waals surface area contributed by atoms with E-state index in [-0.39, 0.29) is 18.1 Å². The molecule has 0 saturated carbocycles. The van der Waals surface area contributed by atoms with Crippen molar-refractivity contribution >= 4 is 28.0 Å². The van der Waals surface area contributed by atoms with Crippen LogP contribution < -0.4 is 5.32 Å². The lowest BCUT2D eigenvalue weighted by Crippen LogP contribution is -2.16. The smallest absolute Gasteiger partial charge is 0.310 e. The molecule has 0 aliphatic carbocycles. The number of aryl methyl sites for hydroxylation is 1. The monoisotopic (exact) mass is 430 g/mol. The molecule has 0 saturated heterocycles. The lowest BCUT2D eigenvalue weighted by atomic mass is 10.1. The number of aromatic nitrogens is 3. The fraction of sp³-hybridized carbons (Fsp3) is 0.190. The van der Waals surface area contributed by atoms with Gasteiger partial charge in [0.15, 0.2) is 4.96 Å². The molecule has 0 spiro atoms. The SMILES string of the molecule is CCc1ccc(-c2cn3c(CC(=O)Nc4ccc(C(F)(F)F)cn4)csc3n2)cc1. The molecule has 5 nitrogen and oxygen atoms in total. The first-order valence-electron chi connectivity index (χ1n) is 9.21. The Balaban J connectivity index is 1.48. The number of carbonyl (C=O) groups is 1. The van der Waals surface area contributed by atoms with Crippen molar-refractivity contribution in [1.29, 1.82) is 0 Å². The first-order chi connectivity index (χ1) is 14.3. The summed E-state index contributed by atoms with van der Waals surface area (Å²) in [6, 6.07) is 10.2. The van der Waals surface area contributed by atoms with Gasteiger partial charge in [-0.3, -0.25) is 9.20 Å². The summed E-state index contributed by atoms with van der Waals surface area (Å²) in [5.41, 5.74) is 2.93. The highest BCUT2D eigenvalue weighted by atomic mass is 32.1. The lowest BCUT2D eigenvalue weighted by Gasteiger charge is -2.07. The van der Waals surface area contributed by atoms with Gasteiger partial charge in [-0.05, 0) is 24.1 Å². The third-order valence-electron chi connectivity index (χ3n) is 4.64. The Hall–Kier alpha value is -3.20. The Bertz CT molecular complexity index is 1180. The van der Waals surface area contributed by atoms with Crippen LogP contribution in [-0.2, 0) is 23.8 Å². The van der Waals surface area contributed by atoms with Crippen molar-refractivity contribution < 1.29 is 18.0 Å². The Morgan fingerprint density at radius 2 is 1.93 bits per heavy atom. The molecule has 4 rings (SSSR count). The van der Waals surface area contributed by atoms with E-state index in [1.807, 2.05) is 28.1 Å². The number of fused-ring (bicyclic) bond motifs is 1. The minimum Gasteiger partial charge on any atom is -0.310 e. The maximum absolute atomic E-state index is 12.6. The van der Waals surface area contributed by atoms with Crippen molar-refractivity contribution in [3.8, 4) is 11.3 Å². The van der Waals surface area contributed by atoms with Crippen LogP contribution in [0.1, 0.15) is 23.7 Å². The second-order valence-corrected chi connectivity index (χ2v) is 7.55. The topological polar surface area (TPSA) is 59.3 Å². The van der Waals surface area contributed by atoms with Crippen LogP contribution in [0.3, 0.4) is 0 Å². The van der Waals surface area contributed by atoms with E-state index < -0.39 is 11.7 Å². The van der Waals surface area contributed by atoms with Crippen molar-refractivity contribution in [2.24, 2.45) is 0 Å². The number of hydrogen-bond acceptors (Lipinski definition) is 4. The molecule has 0 aliphatic rings. The molecule has 0 atom stereocenters. The first-order valence-corrected chi connectivity index (χ1v) is 10.1. The molecular weight excluding hydrogens is 413 g/mol. The van der Waals surface area contributed by atoms with Crippen LogP contribution in [0, 0.1) is 0 Å². The van der Waals surface area contributed by atoms with Crippen molar-refractivity contribution in [3.63, 3.8) is 0 Å². The quantitative estimate of drug-likeness (QED) is 0.472. The zero-order valence-electron chi connectivity index (χ0n) is 15.9. The fourth-order valence-electron chi connectivity index (χ4n) is 2.99.